The normalized spacial score (nSPS) is 30.1. The van der Waals surface area contributed by atoms with Crippen molar-refractivity contribution in [1.29, 1.82) is 0 Å². The number of esters is 1. The molecule has 1 heterocycles. The molecular formula is C8H13F2NO2. The van der Waals surface area contributed by atoms with Crippen molar-refractivity contribution in [2.75, 3.05) is 13.7 Å². The second kappa shape index (κ2) is 2.90. The van der Waals surface area contributed by atoms with E-state index < -0.39 is 29.9 Å². The first-order chi connectivity index (χ1) is 5.83. The van der Waals surface area contributed by atoms with Crippen LogP contribution in [0.1, 0.15) is 13.8 Å². The molecule has 0 radical (unpaired) electrons. The zero-order valence-corrected chi connectivity index (χ0v) is 7.86. The van der Waals surface area contributed by atoms with Crippen LogP contribution in [0.15, 0.2) is 0 Å². The molecule has 0 aromatic carbocycles. The number of rotatable bonds is 1. The number of nitrogens with one attached hydrogen (secondary N) is 1. The van der Waals surface area contributed by atoms with Crippen molar-refractivity contribution in [2.45, 2.75) is 25.8 Å². The summed E-state index contributed by atoms with van der Waals surface area (Å²) < 4.78 is 30.8. The Hall–Kier alpha value is -0.710. The average Bonchev–Trinajstić information content (AvgIpc) is 2.22. The van der Waals surface area contributed by atoms with Crippen LogP contribution in [0.4, 0.5) is 8.78 Å². The Morgan fingerprint density at radius 3 is 2.38 bits per heavy atom. The summed E-state index contributed by atoms with van der Waals surface area (Å²) in [7, 11) is 1.19. The van der Waals surface area contributed by atoms with E-state index in [1.165, 1.54) is 21.0 Å². The van der Waals surface area contributed by atoms with E-state index in [9.17, 15) is 13.6 Å². The number of methoxy groups -OCH3 is 1. The predicted molar refractivity (Wildman–Crippen MR) is 42.5 cm³/mol. The highest BCUT2D eigenvalue weighted by atomic mass is 19.3. The van der Waals surface area contributed by atoms with Crippen LogP contribution in [0.2, 0.25) is 0 Å². The Kier molecular flexibility index (Phi) is 2.32. The summed E-state index contributed by atoms with van der Waals surface area (Å²) in [5.74, 6) is -3.51. The third-order valence-electron chi connectivity index (χ3n) is 2.63. The van der Waals surface area contributed by atoms with E-state index in [0.29, 0.717) is 0 Å². The first kappa shape index (κ1) is 10.4. The van der Waals surface area contributed by atoms with Gasteiger partial charge in [-0.25, -0.2) is 8.78 Å². The smallest absolute Gasteiger partial charge is 0.323 e. The summed E-state index contributed by atoms with van der Waals surface area (Å²) in [5, 5.41) is 2.46. The molecule has 1 N–H and O–H groups in total. The van der Waals surface area contributed by atoms with Crippen LogP contribution in [0.5, 0.6) is 0 Å². The van der Waals surface area contributed by atoms with Crippen LogP contribution >= 0.6 is 0 Å². The Balaban J connectivity index is 2.88. The fourth-order valence-electron chi connectivity index (χ4n) is 1.42. The summed E-state index contributed by atoms with van der Waals surface area (Å²) in [6, 6.07) is -0.924. The number of halogens is 2. The van der Waals surface area contributed by atoms with E-state index in [4.69, 9.17) is 0 Å². The van der Waals surface area contributed by atoms with Gasteiger partial charge < -0.3 is 4.74 Å². The zero-order valence-electron chi connectivity index (χ0n) is 7.86. The molecule has 3 nitrogen and oxygen atoms in total. The van der Waals surface area contributed by atoms with Gasteiger partial charge in [0, 0.05) is 0 Å². The maximum atomic E-state index is 13.2. The van der Waals surface area contributed by atoms with Gasteiger partial charge in [0.15, 0.2) is 0 Å². The van der Waals surface area contributed by atoms with Crippen molar-refractivity contribution in [3.8, 4) is 0 Å². The maximum absolute atomic E-state index is 13.2. The lowest BCUT2D eigenvalue weighted by Gasteiger charge is -2.29. The third kappa shape index (κ3) is 1.41. The molecule has 1 saturated heterocycles. The summed E-state index contributed by atoms with van der Waals surface area (Å²) in [6.07, 6.45) is 0. The molecular weight excluding hydrogens is 180 g/mol. The number of hydrogen-bond acceptors (Lipinski definition) is 3. The SMILES string of the molecule is COC(=O)C1NCC(F)(F)C1(C)C. The minimum Gasteiger partial charge on any atom is -0.468 e. The van der Waals surface area contributed by atoms with E-state index in [-0.39, 0.29) is 0 Å². The van der Waals surface area contributed by atoms with Crippen LogP contribution in [0.3, 0.4) is 0 Å². The highest BCUT2D eigenvalue weighted by molar-refractivity contribution is 5.77. The molecule has 0 aliphatic carbocycles. The predicted octanol–water partition coefficient (Wildman–Crippen LogP) is 0.793. The number of carbonyl (C=O) groups is 1. The van der Waals surface area contributed by atoms with Crippen molar-refractivity contribution in [1.82, 2.24) is 5.32 Å². The van der Waals surface area contributed by atoms with Crippen LogP contribution < -0.4 is 5.32 Å². The van der Waals surface area contributed by atoms with E-state index in [0.717, 1.165) is 0 Å². The van der Waals surface area contributed by atoms with E-state index in [2.05, 4.69) is 10.1 Å². The van der Waals surface area contributed by atoms with Gasteiger partial charge in [-0.3, -0.25) is 10.1 Å². The van der Waals surface area contributed by atoms with Gasteiger partial charge in [0.05, 0.1) is 19.1 Å². The fourth-order valence-corrected chi connectivity index (χ4v) is 1.42. The lowest BCUT2D eigenvalue weighted by atomic mass is 9.82. The number of carbonyl (C=O) groups excluding carboxylic acids is 1. The average molecular weight is 193 g/mol. The Morgan fingerprint density at radius 1 is 1.54 bits per heavy atom. The molecule has 13 heavy (non-hydrogen) atoms. The Labute approximate surface area is 75.4 Å². The second-order valence-electron chi connectivity index (χ2n) is 3.76. The first-order valence-corrected chi connectivity index (χ1v) is 4.02. The van der Waals surface area contributed by atoms with Crippen molar-refractivity contribution in [3.63, 3.8) is 0 Å². The lowest BCUT2D eigenvalue weighted by Crippen LogP contribution is -2.45. The van der Waals surface area contributed by atoms with Gasteiger partial charge in [-0.1, -0.05) is 13.8 Å². The summed E-state index contributed by atoms with van der Waals surface area (Å²) in [5.41, 5.74) is -1.39. The van der Waals surface area contributed by atoms with E-state index in [1.807, 2.05) is 0 Å². The Morgan fingerprint density at radius 2 is 2.08 bits per heavy atom. The molecule has 1 unspecified atom stereocenters. The topological polar surface area (TPSA) is 38.3 Å². The standard InChI is InChI=1S/C8H13F2NO2/c1-7(2)5(6(12)13-3)11-4-8(7,9)10/h5,11H,4H2,1-3H3. The molecule has 0 amide bonds. The molecule has 0 aromatic heterocycles. The van der Waals surface area contributed by atoms with Crippen LogP contribution in [-0.4, -0.2) is 31.6 Å². The summed E-state index contributed by atoms with van der Waals surface area (Å²) >= 11 is 0. The minimum atomic E-state index is -2.87. The van der Waals surface area contributed by atoms with Gasteiger partial charge in [0.1, 0.15) is 6.04 Å². The van der Waals surface area contributed by atoms with Crippen molar-refractivity contribution >= 4 is 5.97 Å². The molecule has 0 spiro atoms. The molecule has 0 saturated carbocycles. The van der Waals surface area contributed by atoms with Gasteiger partial charge in [-0.05, 0) is 0 Å². The highest BCUT2D eigenvalue weighted by Crippen LogP contribution is 2.43. The Bertz CT molecular complexity index is 228. The molecule has 1 fully saturated rings. The van der Waals surface area contributed by atoms with E-state index in [1.54, 1.807) is 0 Å². The number of hydrogen-bond donors (Lipinski definition) is 1. The van der Waals surface area contributed by atoms with Crippen molar-refractivity contribution in [2.24, 2.45) is 5.41 Å². The summed E-state index contributed by atoms with van der Waals surface area (Å²) in [6.45, 7) is 2.24. The van der Waals surface area contributed by atoms with Crippen LogP contribution in [0, 0.1) is 5.41 Å². The zero-order chi connectivity index (χ0) is 10.3. The largest absolute Gasteiger partial charge is 0.468 e. The highest BCUT2D eigenvalue weighted by Gasteiger charge is 2.59. The molecule has 5 heteroatoms. The number of alkyl halides is 2. The van der Waals surface area contributed by atoms with Gasteiger partial charge in [0.2, 0.25) is 0 Å². The van der Waals surface area contributed by atoms with Gasteiger partial charge in [-0.2, -0.15) is 0 Å². The fraction of sp³-hybridized carbons (Fsp3) is 0.875. The molecule has 1 aliphatic heterocycles. The minimum absolute atomic E-state index is 0.472. The van der Waals surface area contributed by atoms with Crippen molar-refractivity contribution < 1.29 is 18.3 Å². The van der Waals surface area contributed by atoms with Crippen LogP contribution in [-0.2, 0) is 9.53 Å². The molecule has 1 aliphatic rings. The quantitative estimate of drug-likeness (QED) is 0.626. The van der Waals surface area contributed by atoms with Gasteiger partial charge in [0.25, 0.3) is 5.92 Å². The van der Waals surface area contributed by atoms with Gasteiger partial charge in [-0.15, -0.1) is 0 Å². The lowest BCUT2D eigenvalue weighted by molar-refractivity contribution is -0.150. The molecule has 1 rings (SSSR count). The molecule has 1 atom stereocenters. The summed E-state index contributed by atoms with van der Waals surface area (Å²) in [4.78, 5) is 11.1. The second-order valence-corrected chi connectivity index (χ2v) is 3.76. The molecule has 0 aromatic rings. The third-order valence-corrected chi connectivity index (χ3v) is 2.63. The monoisotopic (exact) mass is 193 g/mol. The van der Waals surface area contributed by atoms with Crippen molar-refractivity contribution in [3.05, 3.63) is 0 Å². The van der Waals surface area contributed by atoms with Gasteiger partial charge >= 0.3 is 5.97 Å². The maximum Gasteiger partial charge on any atom is 0.323 e. The van der Waals surface area contributed by atoms with Crippen LogP contribution in [0.25, 0.3) is 0 Å². The van der Waals surface area contributed by atoms with E-state index >= 15 is 0 Å². The number of ether oxygens (including phenoxy) is 1. The first-order valence-electron chi connectivity index (χ1n) is 4.02. The molecule has 76 valence electrons. The molecule has 0 bridgehead atoms.